The maximum atomic E-state index is 11.5. The maximum absolute atomic E-state index is 11.5. The molecule has 0 spiro atoms. The third kappa shape index (κ3) is 5.00. The summed E-state index contributed by atoms with van der Waals surface area (Å²) in [6, 6.07) is 7.04. The minimum absolute atomic E-state index is 0.380. The number of thioether (sulfide) groups is 1. The molecule has 0 aromatic heterocycles. The lowest BCUT2D eigenvalue weighted by Crippen LogP contribution is -2.07. The average molecular weight is 273 g/mol. The van der Waals surface area contributed by atoms with Crippen molar-refractivity contribution >= 4 is 27.3 Å². The summed E-state index contributed by atoms with van der Waals surface area (Å²) in [5.41, 5.74) is 0.708. The number of hydrogen-bond acceptors (Lipinski definition) is 4. The van der Waals surface area contributed by atoms with E-state index in [0.29, 0.717) is 10.6 Å². The molecule has 0 saturated heterocycles. The van der Waals surface area contributed by atoms with Gasteiger partial charge in [0, 0.05) is 12.8 Å². The van der Waals surface area contributed by atoms with E-state index in [1.54, 1.807) is 12.1 Å². The van der Waals surface area contributed by atoms with Gasteiger partial charge in [0.1, 0.15) is 0 Å². The van der Waals surface area contributed by atoms with Crippen LogP contribution in [0.1, 0.15) is 12.8 Å². The van der Waals surface area contributed by atoms with E-state index in [-0.39, 0.29) is 0 Å². The van der Waals surface area contributed by atoms with E-state index in [1.165, 1.54) is 6.26 Å². The lowest BCUT2D eigenvalue weighted by atomic mass is 10.3. The van der Waals surface area contributed by atoms with Crippen molar-refractivity contribution in [1.29, 1.82) is 0 Å². The van der Waals surface area contributed by atoms with Gasteiger partial charge in [-0.05, 0) is 37.0 Å². The molecule has 0 aliphatic rings. The van der Waals surface area contributed by atoms with Gasteiger partial charge in [0.25, 0.3) is 0 Å². The summed E-state index contributed by atoms with van der Waals surface area (Å²) in [6.45, 7) is 0.813. The minimum atomic E-state index is -3.15. The van der Waals surface area contributed by atoms with Gasteiger partial charge < -0.3 is 5.32 Å². The minimum Gasteiger partial charge on any atom is -0.384 e. The fourth-order valence-corrected chi connectivity index (χ4v) is 2.89. The molecule has 0 heterocycles. The SMILES string of the molecule is CSCCCCNc1ccccc1S(C)(=O)=O. The molecule has 17 heavy (non-hydrogen) atoms. The molecule has 1 rings (SSSR count). The summed E-state index contributed by atoms with van der Waals surface area (Å²) < 4.78 is 23.1. The number of sulfone groups is 1. The van der Waals surface area contributed by atoms with Crippen molar-refractivity contribution in [3.8, 4) is 0 Å². The van der Waals surface area contributed by atoms with Crippen LogP contribution in [-0.2, 0) is 9.84 Å². The van der Waals surface area contributed by atoms with Crippen LogP contribution in [0.5, 0.6) is 0 Å². The molecule has 0 unspecified atom stereocenters. The van der Waals surface area contributed by atoms with Gasteiger partial charge in [0.15, 0.2) is 9.84 Å². The predicted octanol–water partition coefficient (Wildman–Crippen LogP) is 2.65. The van der Waals surface area contributed by atoms with E-state index in [0.717, 1.165) is 25.1 Å². The number of anilines is 1. The van der Waals surface area contributed by atoms with Crippen molar-refractivity contribution in [1.82, 2.24) is 0 Å². The standard InChI is InChI=1S/C12H19NO2S2/c1-16-10-6-5-9-13-11-7-3-4-8-12(11)17(2,14)15/h3-4,7-8,13H,5-6,9-10H2,1-2H3. The fourth-order valence-electron chi connectivity index (χ4n) is 1.53. The topological polar surface area (TPSA) is 46.2 Å². The Bertz CT molecular complexity index is 444. The van der Waals surface area contributed by atoms with Crippen LogP contribution in [-0.4, -0.2) is 33.2 Å². The summed E-state index contributed by atoms with van der Waals surface area (Å²) >= 11 is 1.83. The van der Waals surface area contributed by atoms with E-state index in [2.05, 4.69) is 11.6 Å². The Morgan fingerprint density at radius 2 is 1.94 bits per heavy atom. The Morgan fingerprint density at radius 3 is 2.59 bits per heavy atom. The van der Waals surface area contributed by atoms with Crippen molar-refractivity contribution < 1.29 is 8.42 Å². The summed E-state index contributed by atoms with van der Waals surface area (Å²) in [6.07, 6.45) is 5.53. The molecule has 0 aliphatic heterocycles. The van der Waals surface area contributed by atoms with E-state index >= 15 is 0 Å². The second kappa shape index (κ2) is 6.91. The largest absolute Gasteiger partial charge is 0.384 e. The van der Waals surface area contributed by atoms with Crippen LogP contribution in [0.15, 0.2) is 29.2 Å². The lowest BCUT2D eigenvalue weighted by Gasteiger charge is -2.10. The number of hydrogen-bond donors (Lipinski definition) is 1. The van der Waals surface area contributed by atoms with Crippen LogP contribution in [0.4, 0.5) is 5.69 Å². The van der Waals surface area contributed by atoms with Crippen LogP contribution in [0.25, 0.3) is 0 Å². The summed E-state index contributed by atoms with van der Waals surface area (Å²) in [4.78, 5) is 0.380. The molecule has 0 radical (unpaired) electrons. The first-order valence-electron chi connectivity index (χ1n) is 5.57. The fraction of sp³-hybridized carbons (Fsp3) is 0.500. The van der Waals surface area contributed by atoms with Crippen molar-refractivity contribution in [2.24, 2.45) is 0 Å². The van der Waals surface area contributed by atoms with E-state index in [9.17, 15) is 8.42 Å². The van der Waals surface area contributed by atoms with Crippen LogP contribution >= 0.6 is 11.8 Å². The van der Waals surface area contributed by atoms with Gasteiger partial charge in [-0.3, -0.25) is 0 Å². The zero-order valence-electron chi connectivity index (χ0n) is 10.3. The van der Waals surface area contributed by atoms with Crippen molar-refractivity contribution in [3.63, 3.8) is 0 Å². The van der Waals surface area contributed by atoms with E-state index in [1.807, 2.05) is 23.9 Å². The monoisotopic (exact) mass is 273 g/mol. The van der Waals surface area contributed by atoms with Gasteiger partial charge >= 0.3 is 0 Å². The highest BCUT2D eigenvalue weighted by Crippen LogP contribution is 2.20. The van der Waals surface area contributed by atoms with Crippen LogP contribution < -0.4 is 5.32 Å². The first kappa shape index (κ1) is 14.4. The summed E-state index contributed by atoms with van der Waals surface area (Å²) in [7, 11) is -3.15. The van der Waals surface area contributed by atoms with Gasteiger partial charge in [0.2, 0.25) is 0 Å². The third-order valence-corrected chi connectivity index (χ3v) is 4.23. The molecule has 0 bridgehead atoms. The zero-order chi connectivity index (χ0) is 12.7. The molecule has 96 valence electrons. The smallest absolute Gasteiger partial charge is 0.177 e. The molecule has 5 heteroatoms. The highest BCUT2D eigenvalue weighted by atomic mass is 32.2. The highest BCUT2D eigenvalue weighted by Gasteiger charge is 2.11. The molecule has 0 amide bonds. The third-order valence-electron chi connectivity index (χ3n) is 2.38. The Kier molecular flexibility index (Phi) is 5.85. The van der Waals surface area contributed by atoms with Gasteiger partial charge in [-0.15, -0.1) is 0 Å². The average Bonchev–Trinajstić information content (AvgIpc) is 2.28. The van der Waals surface area contributed by atoms with Crippen LogP contribution in [0, 0.1) is 0 Å². The number of benzene rings is 1. The van der Waals surface area contributed by atoms with Gasteiger partial charge in [-0.1, -0.05) is 12.1 Å². The molecule has 1 N–H and O–H groups in total. The van der Waals surface area contributed by atoms with Gasteiger partial charge in [-0.25, -0.2) is 8.42 Å². The zero-order valence-corrected chi connectivity index (χ0v) is 11.9. The Balaban J connectivity index is 2.59. The molecule has 1 aromatic rings. The first-order valence-corrected chi connectivity index (χ1v) is 8.86. The maximum Gasteiger partial charge on any atom is 0.177 e. The molecule has 0 aliphatic carbocycles. The number of para-hydroxylation sites is 1. The molecular weight excluding hydrogens is 254 g/mol. The van der Waals surface area contributed by atoms with Gasteiger partial charge in [-0.2, -0.15) is 11.8 Å². The molecule has 1 aromatic carbocycles. The summed E-state index contributed by atoms with van der Waals surface area (Å²) in [5.74, 6) is 1.15. The second-order valence-corrected chi connectivity index (χ2v) is 6.86. The predicted molar refractivity (Wildman–Crippen MR) is 75.7 cm³/mol. The Morgan fingerprint density at radius 1 is 1.24 bits per heavy atom. The number of unbranched alkanes of at least 4 members (excludes halogenated alkanes) is 1. The molecule has 0 saturated carbocycles. The molecular formula is C12H19NO2S2. The lowest BCUT2D eigenvalue weighted by molar-refractivity contribution is 0.602. The molecule has 0 fully saturated rings. The molecule has 3 nitrogen and oxygen atoms in total. The quantitative estimate of drug-likeness (QED) is 0.776. The van der Waals surface area contributed by atoms with Gasteiger partial charge in [0.05, 0.1) is 10.6 Å². The van der Waals surface area contributed by atoms with Crippen LogP contribution in [0.3, 0.4) is 0 Å². The van der Waals surface area contributed by atoms with E-state index < -0.39 is 9.84 Å². The van der Waals surface area contributed by atoms with Crippen molar-refractivity contribution in [3.05, 3.63) is 24.3 Å². The first-order chi connectivity index (χ1) is 8.05. The molecule has 0 atom stereocenters. The highest BCUT2D eigenvalue weighted by molar-refractivity contribution is 7.98. The Hall–Kier alpha value is -0.680. The van der Waals surface area contributed by atoms with Crippen LogP contribution in [0.2, 0.25) is 0 Å². The second-order valence-electron chi connectivity index (χ2n) is 3.90. The number of rotatable bonds is 7. The van der Waals surface area contributed by atoms with Crippen molar-refractivity contribution in [2.75, 3.05) is 30.1 Å². The summed E-state index contributed by atoms with van der Waals surface area (Å²) in [5, 5.41) is 3.19. The number of nitrogens with one attached hydrogen (secondary N) is 1. The van der Waals surface area contributed by atoms with Crippen molar-refractivity contribution in [2.45, 2.75) is 17.7 Å². The van der Waals surface area contributed by atoms with E-state index in [4.69, 9.17) is 0 Å². The normalized spacial score (nSPS) is 11.4. The Labute approximate surface area is 108 Å².